The summed E-state index contributed by atoms with van der Waals surface area (Å²) >= 11 is 0. The predicted octanol–water partition coefficient (Wildman–Crippen LogP) is 2.15. The molecule has 2 aromatic rings. The molecular formula is C18H22N2O6. The van der Waals surface area contributed by atoms with Crippen LogP contribution in [0.25, 0.3) is 0 Å². The van der Waals surface area contributed by atoms with Gasteiger partial charge in [0, 0.05) is 25.8 Å². The third-order valence-electron chi connectivity index (χ3n) is 3.67. The van der Waals surface area contributed by atoms with Crippen LogP contribution in [0.1, 0.15) is 33.2 Å². The first-order valence-electron chi connectivity index (χ1n) is 8.04. The summed E-state index contributed by atoms with van der Waals surface area (Å²) in [6.45, 7) is 1.10. The molecule has 0 saturated heterocycles. The summed E-state index contributed by atoms with van der Waals surface area (Å²) in [5, 5.41) is 0. The average molecular weight is 362 g/mol. The third-order valence-corrected chi connectivity index (χ3v) is 3.67. The molecule has 1 heterocycles. The number of esters is 1. The van der Waals surface area contributed by atoms with Gasteiger partial charge in [0.1, 0.15) is 12.0 Å². The normalized spacial score (nSPS) is 10.4. The minimum atomic E-state index is -0.590. The van der Waals surface area contributed by atoms with Crippen LogP contribution >= 0.6 is 0 Å². The molecule has 0 saturated carbocycles. The maximum Gasteiger partial charge on any atom is 0.360 e. The number of oxazole rings is 1. The summed E-state index contributed by atoms with van der Waals surface area (Å²) in [5.74, 6) is 0.154. The zero-order valence-electron chi connectivity index (χ0n) is 15.1. The zero-order chi connectivity index (χ0) is 18.9. The fourth-order valence-electron chi connectivity index (χ4n) is 2.31. The SMILES string of the molecule is COCCCN(Cc1nc(C(=O)OC)co1)C(=O)c1ccc(OC)cc1. The minimum absolute atomic E-state index is 0.0660. The number of aromatic nitrogens is 1. The molecule has 1 aromatic heterocycles. The van der Waals surface area contributed by atoms with Gasteiger partial charge in [-0.25, -0.2) is 9.78 Å². The Morgan fingerprint density at radius 1 is 1.15 bits per heavy atom. The summed E-state index contributed by atoms with van der Waals surface area (Å²) in [7, 11) is 4.43. The number of benzene rings is 1. The number of hydrogen-bond acceptors (Lipinski definition) is 7. The van der Waals surface area contributed by atoms with Crippen LogP contribution in [0.4, 0.5) is 0 Å². The number of hydrogen-bond donors (Lipinski definition) is 0. The summed E-state index contributed by atoms with van der Waals surface area (Å²) in [6.07, 6.45) is 1.87. The molecule has 0 aliphatic rings. The number of carbonyl (C=O) groups is 2. The lowest BCUT2D eigenvalue weighted by Gasteiger charge is -2.21. The van der Waals surface area contributed by atoms with E-state index in [0.29, 0.717) is 30.9 Å². The fourth-order valence-corrected chi connectivity index (χ4v) is 2.31. The van der Waals surface area contributed by atoms with Crippen molar-refractivity contribution >= 4 is 11.9 Å². The highest BCUT2D eigenvalue weighted by molar-refractivity contribution is 5.94. The van der Waals surface area contributed by atoms with E-state index in [0.717, 1.165) is 0 Å². The Labute approximate surface area is 151 Å². The third kappa shape index (κ3) is 5.06. The Hall–Kier alpha value is -2.87. The molecule has 0 bridgehead atoms. The number of nitrogens with zero attached hydrogens (tertiary/aromatic N) is 2. The first-order valence-corrected chi connectivity index (χ1v) is 8.04. The highest BCUT2D eigenvalue weighted by atomic mass is 16.5. The van der Waals surface area contributed by atoms with Crippen LogP contribution in [-0.2, 0) is 16.0 Å². The monoisotopic (exact) mass is 362 g/mol. The minimum Gasteiger partial charge on any atom is -0.497 e. The van der Waals surface area contributed by atoms with E-state index >= 15 is 0 Å². The lowest BCUT2D eigenvalue weighted by molar-refractivity contribution is 0.0594. The van der Waals surface area contributed by atoms with E-state index in [1.807, 2.05) is 0 Å². The van der Waals surface area contributed by atoms with Crippen LogP contribution < -0.4 is 4.74 Å². The van der Waals surface area contributed by atoms with Crippen LogP contribution in [0, 0.1) is 0 Å². The van der Waals surface area contributed by atoms with E-state index in [2.05, 4.69) is 9.72 Å². The van der Waals surface area contributed by atoms with Crippen LogP contribution in [0.15, 0.2) is 34.9 Å². The number of carbonyl (C=O) groups excluding carboxylic acids is 2. The van der Waals surface area contributed by atoms with E-state index in [4.69, 9.17) is 13.9 Å². The highest BCUT2D eigenvalue weighted by Gasteiger charge is 2.20. The van der Waals surface area contributed by atoms with Crippen molar-refractivity contribution in [3.8, 4) is 5.75 Å². The average Bonchev–Trinajstić information content (AvgIpc) is 3.15. The Morgan fingerprint density at radius 2 is 1.88 bits per heavy atom. The largest absolute Gasteiger partial charge is 0.497 e. The molecule has 0 atom stereocenters. The van der Waals surface area contributed by atoms with Gasteiger partial charge in [0.05, 0.1) is 20.8 Å². The van der Waals surface area contributed by atoms with Gasteiger partial charge in [-0.05, 0) is 30.7 Å². The second-order valence-electron chi connectivity index (χ2n) is 5.42. The molecule has 8 nitrogen and oxygen atoms in total. The summed E-state index contributed by atoms with van der Waals surface area (Å²) in [5.41, 5.74) is 0.583. The van der Waals surface area contributed by atoms with Crippen molar-refractivity contribution in [1.29, 1.82) is 0 Å². The Morgan fingerprint density at radius 3 is 2.50 bits per heavy atom. The van der Waals surface area contributed by atoms with Gasteiger partial charge in [-0.1, -0.05) is 0 Å². The molecule has 8 heteroatoms. The standard InChI is InChI=1S/C18H22N2O6/c1-23-10-4-9-20(11-16-19-15(12-26-16)18(22)25-3)17(21)13-5-7-14(24-2)8-6-13/h5-8,12H,4,9-11H2,1-3H3. The molecule has 140 valence electrons. The van der Waals surface area contributed by atoms with Gasteiger partial charge in [-0.2, -0.15) is 0 Å². The molecule has 2 rings (SSSR count). The summed E-state index contributed by atoms with van der Waals surface area (Å²) < 4.78 is 20.1. The van der Waals surface area contributed by atoms with E-state index in [1.54, 1.807) is 43.4 Å². The molecule has 1 aromatic carbocycles. The molecule has 0 aliphatic carbocycles. The number of methoxy groups -OCH3 is 3. The molecule has 0 unspecified atom stereocenters. The Bertz CT molecular complexity index is 726. The van der Waals surface area contributed by atoms with E-state index in [9.17, 15) is 9.59 Å². The molecule has 0 fully saturated rings. The number of ether oxygens (including phenoxy) is 3. The second kappa shape index (κ2) is 9.57. The van der Waals surface area contributed by atoms with Crippen LogP contribution in [0.2, 0.25) is 0 Å². The highest BCUT2D eigenvalue weighted by Crippen LogP contribution is 2.15. The Balaban J connectivity index is 2.14. The lowest BCUT2D eigenvalue weighted by Crippen LogP contribution is -2.32. The van der Waals surface area contributed by atoms with Crippen molar-refractivity contribution in [1.82, 2.24) is 9.88 Å². The molecule has 26 heavy (non-hydrogen) atoms. The van der Waals surface area contributed by atoms with Crippen molar-refractivity contribution in [2.45, 2.75) is 13.0 Å². The Kier molecular flexibility index (Phi) is 7.16. The van der Waals surface area contributed by atoms with Gasteiger partial charge in [-0.3, -0.25) is 4.79 Å². The van der Waals surface area contributed by atoms with Crippen molar-refractivity contribution < 1.29 is 28.2 Å². The van der Waals surface area contributed by atoms with Gasteiger partial charge in [0.25, 0.3) is 5.91 Å². The topological polar surface area (TPSA) is 91.1 Å². The van der Waals surface area contributed by atoms with Gasteiger partial charge < -0.3 is 23.5 Å². The number of amides is 1. The maximum absolute atomic E-state index is 12.8. The molecule has 0 N–H and O–H groups in total. The molecule has 0 radical (unpaired) electrons. The maximum atomic E-state index is 12.8. The first kappa shape index (κ1) is 19.5. The van der Waals surface area contributed by atoms with Crippen LogP contribution in [0.5, 0.6) is 5.75 Å². The molecular weight excluding hydrogens is 340 g/mol. The lowest BCUT2D eigenvalue weighted by atomic mass is 10.2. The van der Waals surface area contributed by atoms with Crippen molar-refractivity contribution in [2.75, 3.05) is 34.5 Å². The molecule has 0 spiro atoms. The number of rotatable bonds is 9. The molecule has 0 aliphatic heterocycles. The van der Waals surface area contributed by atoms with Gasteiger partial charge >= 0.3 is 5.97 Å². The van der Waals surface area contributed by atoms with Crippen molar-refractivity contribution in [3.63, 3.8) is 0 Å². The van der Waals surface area contributed by atoms with Crippen LogP contribution in [0.3, 0.4) is 0 Å². The van der Waals surface area contributed by atoms with Crippen molar-refractivity contribution in [2.24, 2.45) is 0 Å². The van der Waals surface area contributed by atoms with Gasteiger partial charge in [-0.15, -0.1) is 0 Å². The fraction of sp³-hybridized carbons (Fsp3) is 0.389. The van der Waals surface area contributed by atoms with Crippen LogP contribution in [-0.4, -0.2) is 56.2 Å². The van der Waals surface area contributed by atoms with E-state index in [-0.39, 0.29) is 24.0 Å². The molecule has 1 amide bonds. The quantitative estimate of drug-likeness (QED) is 0.498. The first-order chi connectivity index (χ1) is 12.6. The predicted molar refractivity (Wildman–Crippen MR) is 92.1 cm³/mol. The van der Waals surface area contributed by atoms with Gasteiger partial charge in [0.15, 0.2) is 5.69 Å². The van der Waals surface area contributed by atoms with Crippen molar-refractivity contribution in [3.05, 3.63) is 47.7 Å². The smallest absolute Gasteiger partial charge is 0.360 e. The summed E-state index contributed by atoms with van der Waals surface area (Å²) in [4.78, 5) is 30.0. The zero-order valence-corrected chi connectivity index (χ0v) is 15.1. The summed E-state index contributed by atoms with van der Waals surface area (Å²) in [6, 6.07) is 6.84. The van der Waals surface area contributed by atoms with E-state index < -0.39 is 5.97 Å². The van der Waals surface area contributed by atoms with Gasteiger partial charge in [0.2, 0.25) is 5.89 Å². The second-order valence-corrected chi connectivity index (χ2v) is 5.42. The van der Waals surface area contributed by atoms with E-state index in [1.165, 1.54) is 13.4 Å².